The molecule has 2 rings (SSSR count). The van der Waals surface area contributed by atoms with Crippen LogP contribution in [0.1, 0.15) is 12.0 Å². The van der Waals surface area contributed by atoms with Gasteiger partial charge < -0.3 is 9.84 Å². The van der Waals surface area contributed by atoms with Gasteiger partial charge in [0.1, 0.15) is 6.61 Å². The summed E-state index contributed by atoms with van der Waals surface area (Å²) in [6, 6.07) is 6.57. The molecule has 1 aromatic carbocycles. The van der Waals surface area contributed by atoms with Gasteiger partial charge in [-0.3, -0.25) is 0 Å². The highest BCUT2D eigenvalue weighted by molar-refractivity contribution is 7.89. The lowest BCUT2D eigenvalue weighted by Gasteiger charge is -2.17. The van der Waals surface area contributed by atoms with Gasteiger partial charge in [0, 0.05) is 25.8 Å². The molecule has 1 N–H and O–H groups in total. The maximum absolute atomic E-state index is 12.6. The van der Waals surface area contributed by atoms with E-state index in [1.165, 1.54) is 10.4 Å². The lowest BCUT2D eigenvalue weighted by atomic mass is 10.2. The molecule has 0 bridgehead atoms. The molecule has 0 radical (unpaired) electrons. The van der Waals surface area contributed by atoms with E-state index < -0.39 is 10.0 Å². The summed E-state index contributed by atoms with van der Waals surface area (Å²) < 4.78 is 31.9. The number of ether oxygens (including phenoxy) is 1. The second-order valence-corrected chi connectivity index (χ2v) is 6.37. The Bertz CT molecular complexity index is 630. The molecule has 1 atom stereocenters. The van der Waals surface area contributed by atoms with E-state index in [-0.39, 0.29) is 17.6 Å². The van der Waals surface area contributed by atoms with Crippen molar-refractivity contribution in [1.29, 1.82) is 0 Å². The van der Waals surface area contributed by atoms with Crippen molar-refractivity contribution >= 4 is 10.0 Å². The zero-order chi connectivity index (χ0) is 14.6. The number of aliphatic hydroxyl groups is 1. The number of methoxy groups -OCH3 is 1. The molecule has 1 fully saturated rings. The summed E-state index contributed by atoms with van der Waals surface area (Å²) in [4.78, 5) is 0.178. The number of sulfonamides is 1. The molecule has 1 aliphatic rings. The lowest BCUT2D eigenvalue weighted by Crippen LogP contribution is -2.30. The first-order valence-electron chi connectivity index (χ1n) is 6.31. The van der Waals surface area contributed by atoms with Crippen LogP contribution >= 0.6 is 0 Å². The fourth-order valence-electron chi connectivity index (χ4n) is 2.18. The van der Waals surface area contributed by atoms with E-state index in [1.54, 1.807) is 25.3 Å². The van der Waals surface area contributed by atoms with Gasteiger partial charge in [0.25, 0.3) is 0 Å². The van der Waals surface area contributed by atoms with Crippen molar-refractivity contribution in [2.75, 3.05) is 26.8 Å². The Labute approximate surface area is 119 Å². The SMILES string of the molecule is COC1CCN(S(=O)(=O)c2ccccc2C#CCO)C1. The van der Waals surface area contributed by atoms with E-state index >= 15 is 0 Å². The third-order valence-electron chi connectivity index (χ3n) is 3.25. The molecular weight excluding hydrogens is 278 g/mol. The Morgan fingerprint density at radius 3 is 2.85 bits per heavy atom. The topological polar surface area (TPSA) is 66.8 Å². The molecule has 20 heavy (non-hydrogen) atoms. The van der Waals surface area contributed by atoms with Gasteiger partial charge in [-0.15, -0.1) is 0 Å². The predicted octanol–water partition coefficient (Wildman–Crippen LogP) is 0.440. The minimum absolute atomic E-state index is 0.0551. The first kappa shape index (κ1) is 15.0. The van der Waals surface area contributed by atoms with E-state index in [0.29, 0.717) is 25.1 Å². The van der Waals surface area contributed by atoms with Crippen LogP contribution in [0.3, 0.4) is 0 Å². The Morgan fingerprint density at radius 1 is 1.45 bits per heavy atom. The van der Waals surface area contributed by atoms with Gasteiger partial charge in [0.2, 0.25) is 10.0 Å². The molecule has 0 aliphatic carbocycles. The van der Waals surface area contributed by atoms with E-state index in [0.717, 1.165) is 0 Å². The van der Waals surface area contributed by atoms with E-state index in [4.69, 9.17) is 9.84 Å². The molecule has 6 heteroatoms. The third kappa shape index (κ3) is 3.02. The molecule has 0 spiro atoms. The van der Waals surface area contributed by atoms with E-state index in [1.807, 2.05) is 0 Å². The number of benzene rings is 1. The highest BCUT2D eigenvalue weighted by Crippen LogP contribution is 2.24. The summed E-state index contributed by atoms with van der Waals surface area (Å²) >= 11 is 0. The Morgan fingerprint density at radius 2 is 2.20 bits per heavy atom. The van der Waals surface area contributed by atoms with Crippen molar-refractivity contribution in [3.8, 4) is 11.8 Å². The molecule has 1 aromatic rings. The first-order chi connectivity index (χ1) is 9.59. The van der Waals surface area contributed by atoms with Crippen LogP contribution in [0.25, 0.3) is 0 Å². The maximum atomic E-state index is 12.6. The Hall–Kier alpha value is -1.39. The van der Waals surface area contributed by atoms with Gasteiger partial charge in [0.15, 0.2) is 0 Å². The van der Waals surface area contributed by atoms with Crippen LogP contribution in [0.5, 0.6) is 0 Å². The summed E-state index contributed by atoms with van der Waals surface area (Å²) in [5, 5.41) is 8.75. The predicted molar refractivity (Wildman–Crippen MR) is 74.6 cm³/mol. The number of rotatable bonds is 3. The summed E-state index contributed by atoms with van der Waals surface area (Å²) in [5.41, 5.74) is 0.405. The monoisotopic (exact) mass is 295 g/mol. The third-order valence-corrected chi connectivity index (χ3v) is 5.17. The van der Waals surface area contributed by atoms with Gasteiger partial charge in [-0.05, 0) is 18.6 Å². The van der Waals surface area contributed by atoms with Crippen molar-refractivity contribution in [3.63, 3.8) is 0 Å². The summed E-state index contributed by atoms with van der Waals surface area (Å²) in [7, 11) is -1.99. The Balaban J connectivity index is 2.35. The maximum Gasteiger partial charge on any atom is 0.244 e. The molecule has 1 unspecified atom stereocenters. The minimum atomic E-state index is -3.57. The van der Waals surface area contributed by atoms with Crippen molar-refractivity contribution in [1.82, 2.24) is 4.31 Å². The molecule has 108 valence electrons. The molecule has 0 saturated carbocycles. The minimum Gasteiger partial charge on any atom is -0.384 e. The zero-order valence-corrected chi connectivity index (χ0v) is 12.1. The highest BCUT2D eigenvalue weighted by Gasteiger charge is 2.33. The van der Waals surface area contributed by atoms with Crippen LogP contribution < -0.4 is 0 Å². The molecule has 0 aromatic heterocycles. The fraction of sp³-hybridized carbons (Fsp3) is 0.429. The first-order valence-corrected chi connectivity index (χ1v) is 7.75. The van der Waals surface area contributed by atoms with Gasteiger partial charge >= 0.3 is 0 Å². The van der Waals surface area contributed by atoms with Crippen LogP contribution in [0, 0.1) is 11.8 Å². The second kappa shape index (κ2) is 6.37. The lowest BCUT2D eigenvalue weighted by molar-refractivity contribution is 0.115. The normalized spacial score (nSPS) is 19.6. The zero-order valence-electron chi connectivity index (χ0n) is 11.2. The number of hydrogen-bond acceptors (Lipinski definition) is 4. The summed E-state index contributed by atoms with van der Waals surface area (Å²) in [6.07, 6.45) is 0.640. The van der Waals surface area contributed by atoms with Crippen molar-refractivity contribution in [2.24, 2.45) is 0 Å². The second-order valence-electron chi connectivity index (χ2n) is 4.47. The number of aliphatic hydroxyl groups excluding tert-OH is 1. The van der Waals surface area contributed by atoms with Crippen LogP contribution in [0.2, 0.25) is 0 Å². The van der Waals surface area contributed by atoms with Crippen LogP contribution in [-0.2, 0) is 14.8 Å². The molecule has 1 aliphatic heterocycles. The fourth-order valence-corrected chi connectivity index (χ4v) is 3.81. The smallest absolute Gasteiger partial charge is 0.244 e. The van der Waals surface area contributed by atoms with Gasteiger partial charge in [0.05, 0.1) is 11.0 Å². The molecule has 0 amide bonds. The molecular formula is C14H17NO4S. The van der Waals surface area contributed by atoms with E-state index in [2.05, 4.69) is 11.8 Å². The van der Waals surface area contributed by atoms with Crippen LogP contribution in [0.4, 0.5) is 0 Å². The van der Waals surface area contributed by atoms with Gasteiger partial charge in [-0.25, -0.2) is 8.42 Å². The molecule has 5 nitrogen and oxygen atoms in total. The van der Waals surface area contributed by atoms with E-state index in [9.17, 15) is 8.42 Å². The average molecular weight is 295 g/mol. The number of hydrogen-bond donors (Lipinski definition) is 1. The Kier molecular flexibility index (Phi) is 4.78. The van der Waals surface area contributed by atoms with Crippen molar-refractivity contribution < 1.29 is 18.3 Å². The number of nitrogens with zero attached hydrogens (tertiary/aromatic N) is 1. The highest BCUT2D eigenvalue weighted by atomic mass is 32.2. The van der Waals surface area contributed by atoms with Crippen molar-refractivity contribution in [2.45, 2.75) is 17.4 Å². The average Bonchev–Trinajstić information content (AvgIpc) is 2.95. The van der Waals surface area contributed by atoms with Crippen LogP contribution in [-0.4, -0.2) is 50.7 Å². The quantitative estimate of drug-likeness (QED) is 0.822. The van der Waals surface area contributed by atoms with Gasteiger partial charge in [-0.2, -0.15) is 4.31 Å². The standard InChI is InChI=1S/C14H17NO4S/c1-19-13-8-9-15(11-13)20(17,18)14-7-3-2-5-12(14)6-4-10-16/h2-3,5,7,13,16H,8-11H2,1H3. The van der Waals surface area contributed by atoms with Crippen LogP contribution in [0.15, 0.2) is 29.2 Å². The largest absolute Gasteiger partial charge is 0.384 e. The molecule has 1 saturated heterocycles. The molecule has 1 heterocycles. The summed E-state index contributed by atoms with van der Waals surface area (Å²) in [5.74, 6) is 5.17. The summed E-state index contributed by atoms with van der Waals surface area (Å²) in [6.45, 7) is 0.507. The van der Waals surface area contributed by atoms with Gasteiger partial charge in [-0.1, -0.05) is 24.0 Å². The van der Waals surface area contributed by atoms with Crippen molar-refractivity contribution in [3.05, 3.63) is 29.8 Å².